The maximum Gasteiger partial charge on any atom is 0.307 e. The highest BCUT2D eigenvalue weighted by Gasteiger charge is 2.60. The number of hydrogen-bond donors (Lipinski definition) is 1. The predicted octanol–water partition coefficient (Wildman–Crippen LogP) is 2.49. The Labute approximate surface area is 77.2 Å². The second-order valence-electron chi connectivity index (χ2n) is 3.92. The van der Waals surface area contributed by atoms with Gasteiger partial charge in [0.05, 0.1) is 5.92 Å². The topological polar surface area (TPSA) is 37.3 Å². The lowest BCUT2D eigenvalue weighted by molar-refractivity contribution is -0.139. The molecule has 2 nitrogen and oxygen atoms in total. The molecule has 1 fully saturated rings. The Bertz CT molecular complexity index is 239. The first-order valence-corrected chi connectivity index (χ1v) is 4.32. The zero-order chi connectivity index (χ0) is 9.52. The molecule has 0 aliphatic heterocycles. The van der Waals surface area contributed by atoms with Crippen molar-refractivity contribution in [3.63, 3.8) is 0 Å². The quantitative estimate of drug-likeness (QED) is 0.723. The van der Waals surface area contributed by atoms with E-state index >= 15 is 0 Å². The molecule has 1 saturated carbocycles. The first-order chi connectivity index (χ1) is 5.37. The van der Waals surface area contributed by atoms with Gasteiger partial charge >= 0.3 is 5.97 Å². The summed E-state index contributed by atoms with van der Waals surface area (Å²) in [4.78, 5) is 10.7. The molecule has 0 radical (unpaired) electrons. The molecule has 0 heterocycles. The third-order valence-electron chi connectivity index (χ3n) is 2.59. The number of allylic oxidation sites excluding steroid dienone is 2. The molecule has 0 bridgehead atoms. The molecular weight excluding hydrogens is 176 g/mol. The molecule has 0 aromatic carbocycles. The van der Waals surface area contributed by atoms with Gasteiger partial charge in [-0.1, -0.05) is 31.5 Å². The molecule has 1 aliphatic carbocycles. The van der Waals surface area contributed by atoms with Crippen LogP contribution < -0.4 is 0 Å². The minimum atomic E-state index is -0.723. The normalized spacial score (nSPS) is 33.2. The highest BCUT2D eigenvalue weighted by atomic mass is 35.5. The van der Waals surface area contributed by atoms with E-state index in [1.54, 1.807) is 6.92 Å². The smallest absolute Gasteiger partial charge is 0.307 e. The molecule has 0 saturated heterocycles. The fourth-order valence-electron chi connectivity index (χ4n) is 1.71. The summed E-state index contributed by atoms with van der Waals surface area (Å²) in [6.45, 7) is 5.68. The van der Waals surface area contributed by atoms with E-state index in [1.165, 1.54) is 0 Å². The van der Waals surface area contributed by atoms with Crippen LogP contribution in [0.15, 0.2) is 11.1 Å². The summed E-state index contributed by atoms with van der Waals surface area (Å²) < 4.78 is 0. The van der Waals surface area contributed by atoms with Gasteiger partial charge in [0.15, 0.2) is 0 Å². The maximum absolute atomic E-state index is 10.7. The molecule has 0 spiro atoms. The monoisotopic (exact) mass is 188 g/mol. The molecule has 2 atom stereocenters. The van der Waals surface area contributed by atoms with Gasteiger partial charge < -0.3 is 5.11 Å². The van der Waals surface area contributed by atoms with Crippen molar-refractivity contribution in [1.82, 2.24) is 0 Å². The van der Waals surface area contributed by atoms with E-state index in [2.05, 4.69) is 0 Å². The Kier molecular flexibility index (Phi) is 2.21. The highest BCUT2D eigenvalue weighted by Crippen LogP contribution is 2.59. The van der Waals surface area contributed by atoms with Crippen LogP contribution in [0.4, 0.5) is 0 Å². The fraction of sp³-hybridized carbons (Fsp3) is 0.667. The molecule has 12 heavy (non-hydrogen) atoms. The van der Waals surface area contributed by atoms with Crippen molar-refractivity contribution in [3.05, 3.63) is 11.1 Å². The van der Waals surface area contributed by atoms with E-state index < -0.39 is 5.97 Å². The number of carboxylic acids is 1. The third-order valence-corrected chi connectivity index (χ3v) is 2.71. The predicted molar refractivity (Wildman–Crippen MR) is 48.0 cm³/mol. The van der Waals surface area contributed by atoms with E-state index in [9.17, 15) is 4.79 Å². The van der Waals surface area contributed by atoms with Crippen LogP contribution in [-0.2, 0) is 4.79 Å². The summed E-state index contributed by atoms with van der Waals surface area (Å²) in [5.41, 5.74) is -0.123. The van der Waals surface area contributed by atoms with E-state index in [1.807, 2.05) is 19.9 Å². The number of hydrogen-bond acceptors (Lipinski definition) is 1. The Balaban J connectivity index is 2.73. The zero-order valence-electron chi connectivity index (χ0n) is 7.47. The van der Waals surface area contributed by atoms with E-state index in [0.717, 1.165) is 0 Å². The average molecular weight is 189 g/mol. The Morgan fingerprint density at radius 2 is 2.08 bits per heavy atom. The lowest BCUT2D eigenvalue weighted by Crippen LogP contribution is -2.02. The van der Waals surface area contributed by atoms with Gasteiger partial charge in [0.1, 0.15) is 0 Å². The van der Waals surface area contributed by atoms with Crippen molar-refractivity contribution < 1.29 is 9.90 Å². The van der Waals surface area contributed by atoms with Crippen LogP contribution >= 0.6 is 11.6 Å². The second kappa shape index (κ2) is 2.77. The molecule has 1 N–H and O–H groups in total. The fourth-order valence-corrected chi connectivity index (χ4v) is 1.84. The van der Waals surface area contributed by atoms with E-state index in [0.29, 0.717) is 5.03 Å². The first-order valence-electron chi connectivity index (χ1n) is 3.94. The minimum absolute atomic E-state index is 0.104. The van der Waals surface area contributed by atoms with Crippen LogP contribution in [0.25, 0.3) is 0 Å². The van der Waals surface area contributed by atoms with Gasteiger partial charge in [0, 0.05) is 5.03 Å². The zero-order valence-corrected chi connectivity index (χ0v) is 8.22. The third kappa shape index (κ3) is 1.48. The summed E-state index contributed by atoms with van der Waals surface area (Å²) in [5.74, 6) is -0.877. The Hall–Kier alpha value is -0.500. The maximum atomic E-state index is 10.7. The standard InChI is InChI=1S/C9H13ClO2/c1-5(10)4-6-7(8(11)12)9(6,2)3/h4,6-7H,1-3H3,(H,11,12). The van der Waals surface area contributed by atoms with Crippen LogP contribution in [-0.4, -0.2) is 11.1 Å². The summed E-state index contributed by atoms with van der Waals surface area (Å²) in [7, 11) is 0. The number of halogens is 1. The number of carboxylic acid groups (broad SMARTS) is 1. The SMILES string of the molecule is CC(Cl)=CC1C(C(=O)O)C1(C)C. The summed E-state index contributed by atoms with van der Waals surface area (Å²) >= 11 is 5.68. The molecule has 3 heteroatoms. The molecule has 0 aromatic rings. The van der Waals surface area contributed by atoms with Crippen molar-refractivity contribution in [2.24, 2.45) is 17.3 Å². The van der Waals surface area contributed by atoms with Crippen molar-refractivity contribution in [1.29, 1.82) is 0 Å². The van der Waals surface area contributed by atoms with E-state index in [-0.39, 0.29) is 17.3 Å². The molecule has 0 aromatic heterocycles. The van der Waals surface area contributed by atoms with Gasteiger partial charge in [0.2, 0.25) is 0 Å². The second-order valence-corrected chi connectivity index (χ2v) is 4.51. The summed E-state index contributed by atoms with van der Waals surface area (Å²) in [6, 6.07) is 0. The van der Waals surface area contributed by atoms with Gasteiger partial charge in [0.25, 0.3) is 0 Å². The van der Waals surface area contributed by atoms with Crippen LogP contribution in [0, 0.1) is 17.3 Å². The summed E-state index contributed by atoms with van der Waals surface area (Å²) in [5, 5.41) is 9.48. The minimum Gasteiger partial charge on any atom is -0.481 e. The van der Waals surface area contributed by atoms with Gasteiger partial charge in [-0.15, -0.1) is 0 Å². The summed E-state index contributed by atoms with van der Waals surface area (Å²) in [6.07, 6.45) is 1.83. The molecule has 1 aliphatic rings. The van der Waals surface area contributed by atoms with Crippen molar-refractivity contribution >= 4 is 17.6 Å². The lowest BCUT2D eigenvalue weighted by atomic mass is 10.1. The number of carbonyl (C=O) groups is 1. The lowest BCUT2D eigenvalue weighted by Gasteiger charge is -1.96. The Morgan fingerprint density at radius 3 is 2.33 bits per heavy atom. The van der Waals surface area contributed by atoms with Crippen LogP contribution in [0.2, 0.25) is 0 Å². The van der Waals surface area contributed by atoms with Crippen molar-refractivity contribution in [3.8, 4) is 0 Å². The van der Waals surface area contributed by atoms with Crippen molar-refractivity contribution in [2.45, 2.75) is 20.8 Å². The van der Waals surface area contributed by atoms with Gasteiger partial charge in [-0.05, 0) is 18.3 Å². The molecule has 1 rings (SSSR count). The van der Waals surface area contributed by atoms with Crippen LogP contribution in [0.3, 0.4) is 0 Å². The molecule has 2 unspecified atom stereocenters. The van der Waals surface area contributed by atoms with Crippen LogP contribution in [0.1, 0.15) is 20.8 Å². The number of aliphatic carboxylic acids is 1. The molecule has 0 amide bonds. The average Bonchev–Trinajstić information content (AvgIpc) is 2.32. The number of rotatable bonds is 2. The Morgan fingerprint density at radius 1 is 1.58 bits per heavy atom. The first kappa shape index (κ1) is 9.59. The van der Waals surface area contributed by atoms with Crippen molar-refractivity contribution in [2.75, 3.05) is 0 Å². The van der Waals surface area contributed by atoms with Crippen LogP contribution in [0.5, 0.6) is 0 Å². The molecular formula is C9H13ClO2. The van der Waals surface area contributed by atoms with Gasteiger partial charge in [-0.25, -0.2) is 0 Å². The highest BCUT2D eigenvalue weighted by molar-refractivity contribution is 6.29. The van der Waals surface area contributed by atoms with E-state index in [4.69, 9.17) is 16.7 Å². The van der Waals surface area contributed by atoms with Gasteiger partial charge in [-0.2, -0.15) is 0 Å². The van der Waals surface area contributed by atoms with Gasteiger partial charge in [-0.3, -0.25) is 4.79 Å². The molecule has 68 valence electrons. The largest absolute Gasteiger partial charge is 0.481 e.